The Kier molecular flexibility index (Phi) is 5.38. The second-order valence-corrected chi connectivity index (χ2v) is 5.80. The summed E-state index contributed by atoms with van der Waals surface area (Å²) >= 11 is 0. The lowest BCUT2D eigenvalue weighted by Gasteiger charge is -2.33. The van der Waals surface area contributed by atoms with Crippen LogP contribution in [0.4, 0.5) is 10.1 Å². The van der Waals surface area contributed by atoms with Gasteiger partial charge in [0.25, 0.3) is 0 Å². The van der Waals surface area contributed by atoms with Crippen LogP contribution in [0.25, 0.3) is 0 Å². The second kappa shape index (κ2) is 7.04. The van der Waals surface area contributed by atoms with Crippen molar-refractivity contribution in [3.63, 3.8) is 0 Å². The minimum Gasteiger partial charge on any atom is -0.395 e. The lowest BCUT2D eigenvalue weighted by atomic mass is 9.99. The van der Waals surface area contributed by atoms with Crippen molar-refractivity contribution in [2.24, 2.45) is 5.92 Å². The summed E-state index contributed by atoms with van der Waals surface area (Å²) in [5, 5.41) is 12.0. The SMILES string of the molecule is C[C@H]1CCCN(c2ccc([C@H](C)NCCO)cc2F)C1. The van der Waals surface area contributed by atoms with E-state index in [2.05, 4.69) is 17.1 Å². The number of hydrogen-bond acceptors (Lipinski definition) is 3. The molecule has 112 valence electrons. The van der Waals surface area contributed by atoms with E-state index in [-0.39, 0.29) is 18.5 Å². The summed E-state index contributed by atoms with van der Waals surface area (Å²) in [5.41, 5.74) is 1.64. The van der Waals surface area contributed by atoms with Gasteiger partial charge in [-0.1, -0.05) is 13.0 Å². The first kappa shape index (κ1) is 15.3. The van der Waals surface area contributed by atoms with Crippen LogP contribution in [0, 0.1) is 11.7 Å². The molecule has 1 aromatic carbocycles. The molecule has 1 fully saturated rings. The number of nitrogens with zero attached hydrogens (tertiary/aromatic N) is 1. The van der Waals surface area contributed by atoms with Gasteiger partial charge in [-0.3, -0.25) is 0 Å². The summed E-state index contributed by atoms with van der Waals surface area (Å²) in [6.45, 7) is 6.70. The third-order valence-corrected chi connectivity index (χ3v) is 4.03. The maximum atomic E-state index is 14.3. The van der Waals surface area contributed by atoms with Crippen LogP contribution in [-0.2, 0) is 0 Å². The molecule has 1 saturated heterocycles. The van der Waals surface area contributed by atoms with E-state index in [1.54, 1.807) is 6.07 Å². The first-order valence-corrected chi connectivity index (χ1v) is 7.50. The van der Waals surface area contributed by atoms with Crippen molar-refractivity contribution in [2.75, 3.05) is 31.1 Å². The van der Waals surface area contributed by atoms with E-state index in [4.69, 9.17) is 5.11 Å². The lowest BCUT2D eigenvalue weighted by molar-refractivity contribution is 0.286. The number of rotatable bonds is 5. The fraction of sp³-hybridized carbons (Fsp3) is 0.625. The first-order chi connectivity index (χ1) is 9.61. The molecule has 1 aliphatic heterocycles. The Morgan fingerprint density at radius 1 is 1.50 bits per heavy atom. The molecule has 0 radical (unpaired) electrons. The van der Waals surface area contributed by atoms with Crippen LogP contribution in [0.5, 0.6) is 0 Å². The molecular weight excluding hydrogens is 255 g/mol. The highest BCUT2D eigenvalue weighted by molar-refractivity contribution is 5.50. The second-order valence-electron chi connectivity index (χ2n) is 5.80. The largest absolute Gasteiger partial charge is 0.395 e. The summed E-state index contributed by atoms with van der Waals surface area (Å²) in [5.74, 6) is 0.488. The normalized spacial score (nSPS) is 21.0. The Labute approximate surface area is 120 Å². The number of anilines is 1. The van der Waals surface area contributed by atoms with Gasteiger partial charge >= 0.3 is 0 Å². The van der Waals surface area contributed by atoms with Crippen molar-refractivity contribution in [2.45, 2.75) is 32.7 Å². The van der Waals surface area contributed by atoms with Crippen molar-refractivity contribution in [3.8, 4) is 0 Å². The number of piperidine rings is 1. The summed E-state index contributed by atoms with van der Waals surface area (Å²) < 4.78 is 14.3. The molecule has 0 saturated carbocycles. The van der Waals surface area contributed by atoms with Crippen molar-refractivity contribution >= 4 is 5.69 Å². The van der Waals surface area contributed by atoms with E-state index in [0.717, 1.165) is 30.8 Å². The van der Waals surface area contributed by atoms with Gasteiger partial charge in [0.05, 0.1) is 12.3 Å². The molecule has 4 heteroatoms. The van der Waals surface area contributed by atoms with Crippen LogP contribution in [0.3, 0.4) is 0 Å². The first-order valence-electron chi connectivity index (χ1n) is 7.50. The van der Waals surface area contributed by atoms with Gasteiger partial charge in [-0.25, -0.2) is 4.39 Å². The summed E-state index contributed by atoms with van der Waals surface area (Å²) in [6, 6.07) is 5.53. The zero-order chi connectivity index (χ0) is 14.5. The monoisotopic (exact) mass is 280 g/mol. The van der Waals surface area contributed by atoms with Crippen molar-refractivity contribution in [1.82, 2.24) is 5.32 Å². The molecule has 3 nitrogen and oxygen atoms in total. The molecule has 20 heavy (non-hydrogen) atoms. The van der Waals surface area contributed by atoms with Crippen LogP contribution in [0.2, 0.25) is 0 Å². The third kappa shape index (κ3) is 3.70. The van der Waals surface area contributed by atoms with Gasteiger partial charge in [0.2, 0.25) is 0 Å². The van der Waals surface area contributed by atoms with Gasteiger partial charge in [0.1, 0.15) is 5.82 Å². The number of aliphatic hydroxyl groups is 1. The van der Waals surface area contributed by atoms with Crippen LogP contribution in [-0.4, -0.2) is 31.3 Å². The molecule has 1 heterocycles. The van der Waals surface area contributed by atoms with Gasteiger partial charge < -0.3 is 15.3 Å². The summed E-state index contributed by atoms with van der Waals surface area (Å²) in [4.78, 5) is 2.15. The zero-order valence-electron chi connectivity index (χ0n) is 12.4. The number of benzene rings is 1. The van der Waals surface area contributed by atoms with E-state index in [1.165, 1.54) is 6.42 Å². The fourth-order valence-electron chi connectivity index (χ4n) is 2.86. The van der Waals surface area contributed by atoms with E-state index in [0.29, 0.717) is 12.5 Å². The standard InChI is InChI=1S/C16H25FN2O/c1-12-4-3-8-19(11-12)16-6-5-14(10-15(16)17)13(2)18-7-9-20/h5-6,10,12-13,18,20H,3-4,7-9,11H2,1-2H3/t12-,13-/m0/s1. The molecule has 0 bridgehead atoms. The van der Waals surface area contributed by atoms with Crippen molar-refractivity contribution in [3.05, 3.63) is 29.6 Å². The Balaban J connectivity index is 2.09. The van der Waals surface area contributed by atoms with Gasteiger partial charge in [-0.15, -0.1) is 0 Å². The van der Waals surface area contributed by atoms with E-state index >= 15 is 0 Å². The number of nitrogens with one attached hydrogen (secondary N) is 1. The molecule has 2 atom stereocenters. The highest BCUT2D eigenvalue weighted by Crippen LogP contribution is 2.27. The molecule has 0 aliphatic carbocycles. The van der Waals surface area contributed by atoms with E-state index in [1.807, 2.05) is 19.1 Å². The van der Waals surface area contributed by atoms with Crippen LogP contribution in [0.15, 0.2) is 18.2 Å². The molecule has 0 unspecified atom stereocenters. The summed E-state index contributed by atoms with van der Waals surface area (Å²) in [6.07, 6.45) is 2.37. The Morgan fingerprint density at radius 2 is 2.30 bits per heavy atom. The van der Waals surface area contributed by atoms with Gasteiger partial charge in [0.15, 0.2) is 0 Å². The maximum absolute atomic E-state index is 14.3. The smallest absolute Gasteiger partial charge is 0.146 e. The van der Waals surface area contributed by atoms with Crippen molar-refractivity contribution < 1.29 is 9.50 Å². The van der Waals surface area contributed by atoms with Crippen molar-refractivity contribution in [1.29, 1.82) is 0 Å². The zero-order valence-corrected chi connectivity index (χ0v) is 12.4. The minimum atomic E-state index is -0.144. The third-order valence-electron chi connectivity index (χ3n) is 4.03. The number of aliphatic hydroxyl groups excluding tert-OH is 1. The average Bonchev–Trinajstić information content (AvgIpc) is 2.44. The highest BCUT2D eigenvalue weighted by Gasteiger charge is 2.19. The van der Waals surface area contributed by atoms with E-state index < -0.39 is 0 Å². The Morgan fingerprint density at radius 3 is 2.95 bits per heavy atom. The summed E-state index contributed by atoms with van der Waals surface area (Å²) in [7, 11) is 0. The highest BCUT2D eigenvalue weighted by atomic mass is 19.1. The predicted octanol–water partition coefficient (Wildman–Crippen LogP) is 2.70. The quantitative estimate of drug-likeness (QED) is 0.870. The van der Waals surface area contributed by atoms with Gasteiger partial charge in [0, 0.05) is 25.7 Å². The Hall–Kier alpha value is -1.13. The van der Waals surface area contributed by atoms with Crippen LogP contribution < -0.4 is 10.2 Å². The molecule has 2 rings (SSSR count). The maximum Gasteiger partial charge on any atom is 0.146 e. The molecule has 1 aromatic rings. The predicted molar refractivity (Wildman–Crippen MR) is 80.5 cm³/mol. The minimum absolute atomic E-state index is 0.0472. The topological polar surface area (TPSA) is 35.5 Å². The van der Waals surface area contributed by atoms with Crippen LogP contribution >= 0.6 is 0 Å². The number of halogens is 1. The molecule has 2 N–H and O–H groups in total. The molecule has 0 spiro atoms. The fourth-order valence-corrected chi connectivity index (χ4v) is 2.86. The average molecular weight is 280 g/mol. The molecule has 0 aromatic heterocycles. The molecule has 0 amide bonds. The lowest BCUT2D eigenvalue weighted by Crippen LogP contribution is -2.34. The van der Waals surface area contributed by atoms with Gasteiger partial charge in [-0.2, -0.15) is 0 Å². The van der Waals surface area contributed by atoms with Crippen LogP contribution in [0.1, 0.15) is 38.3 Å². The number of hydrogen-bond donors (Lipinski definition) is 2. The molecule has 1 aliphatic rings. The molecular formula is C16H25FN2O. The van der Waals surface area contributed by atoms with Gasteiger partial charge in [-0.05, 0) is 43.4 Å². The Bertz CT molecular complexity index is 438. The van der Waals surface area contributed by atoms with E-state index in [9.17, 15) is 4.39 Å².